The fraction of sp³-hybridized carbons (Fsp3) is 0.571. The standard InChI is InChI=1S/C35H52OS/c1-3-5-7-8-9-10-11-12-13-14-15-16-18-29-37-34-26-24-33(25-27-34)35(36)28-23-32-22-19-21-31(30-32)20-17-6-4-2/h19,21-28,30H,3-18,20,29H2,1-2H3. The number of hydrogen-bond donors (Lipinski definition) is 0. The molecule has 0 bridgehead atoms. The highest BCUT2D eigenvalue weighted by atomic mass is 32.2. The van der Waals surface area contributed by atoms with E-state index in [9.17, 15) is 4.79 Å². The van der Waals surface area contributed by atoms with E-state index in [1.54, 1.807) is 6.08 Å². The Hall–Kier alpha value is -1.80. The minimum atomic E-state index is 0.0735. The Kier molecular flexibility index (Phi) is 18.0. The van der Waals surface area contributed by atoms with Gasteiger partial charge in [-0.2, -0.15) is 0 Å². The normalized spacial score (nSPS) is 11.4. The molecule has 37 heavy (non-hydrogen) atoms. The molecule has 0 aliphatic heterocycles. The average molecular weight is 521 g/mol. The first-order valence-corrected chi connectivity index (χ1v) is 16.3. The number of carbonyl (C=O) groups is 1. The average Bonchev–Trinajstić information content (AvgIpc) is 2.92. The van der Waals surface area contributed by atoms with Gasteiger partial charge in [-0.25, -0.2) is 0 Å². The van der Waals surface area contributed by atoms with Gasteiger partial charge in [-0.15, -0.1) is 11.8 Å². The number of unbranched alkanes of at least 4 members (excludes halogenated alkanes) is 14. The van der Waals surface area contributed by atoms with Crippen molar-refractivity contribution < 1.29 is 4.79 Å². The van der Waals surface area contributed by atoms with Crippen molar-refractivity contribution in [1.29, 1.82) is 0 Å². The maximum absolute atomic E-state index is 12.6. The van der Waals surface area contributed by atoms with Gasteiger partial charge in [0.25, 0.3) is 0 Å². The van der Waals surface area contributed by atoms with Crippen molar-refractivity contribution in [3.63, 3.8) is 0 Å². The maximum atomic E-state index is 12.6. The van der Waals surface area contributed by atoms with Crippen LogP contribution >= 0.6 is 11.8 Å². The molecule has 204 valence electrons. The highest BCUT2D eigenvalue weighted by Crippen LogP contribution is 2.21. The lowest BCUT2D eigenvalue weighted by atomic mass is 10.0. The third kappa shape index (κ3) is 15.3. The van der Waals surface area contributed by atoms with Gasteiger partial charge in [-0.3, -0.25) is 4.79 Å². The summed E-state index contributed by atoms with van der Waals surface area (Å²) in [6.45, 7) is 4.52. The molecule has 0 aliphatic rings. The predicted molar refractivity (Wildman–Crippen MR) is 166 cm³/mol. The summed E-state index contributed by atoms with van der Waals surface area (Å²) < 4.78 is 0. The lowest BCUT2D eigenvalue weighted by Crippen LogP contribution is -1.94. The summed E-state index contributed by atoms with van der Waals surface area (Å²) in [6, 6.07) is 16.7. The molecular weight excluding hydrogens is 468 g/mol. The van der Waals surface area contributed by atoms with Gasteiger partial charge in [0, 0.05) is 10.5 Å². The lowest BCUT2D eigenvalue weighted by Gasteiger charge is -2.04. The second-order valence-corrected chi connectivity index (χ2v) is 11.7. The molecule has 1 nitrogen and oxygen atoms in total. The number of hydrogen-bond acceptors (Lipinski definition) is 2. The minimum absolute atomic E-state index is 0.0735. The third-order valence-electron chi connectivity index (χ3n) is 7.10. The summed E-state index contributed by atoms with van der Waals surface area (Å²) in [5.41, 5.74) is 3.22. The zero-order chi connectivity index (χ0) is 26.4. The third-order valence-corrected chi connectivity index (χ3v) is 8.20. The summed E-state index contributed by atoms with van der Waals surface area (Å²) in [6.07, 6.45) is 26.7. The van der Waals surface area contributed by atoms with Gasteiger partial charge >= 0.3 is 0 Å². The monoisotopic (exact) mass is 520 g/mol. The molecule has 2 rings (SSSR count). The summed E-state index contributed by atoms with van der Waals surface area (Å²) in [5.74, 6) is 1.24. The fourth-order valence-corrected chi connectivity index (χ4v) is 5.64. The Balaban J connectivity index is 1.56. The molecule has 0 fully saturated rings. The molecule has 0 amide bonds. The fourth-order valence-electron chi connectivity index (χ4n) is 4.72. The Morgan fingerprint density at radius 1 is 0.676 bits per heavy atom. The molecule has 0 heterocycles. The molecule has 2 aromatic rings. The summed E-state index contributed by atoms with van der Waals surface area (Å²) in [4.78, 5) is 13.9. The summed E-state index contributed by atoms with van der Waals surface area (Å²) in [7, 11) is 0. The molecule has 2 heteroatoms. The number of benzene rings is 2. The topological polar surface area (TPSA) is 17.1 Å². The second kappa shape index (κ2) is 21.2. The predicted octanol–water partition coefficient (Wildman–Crippen LogP) is 11.5. The van der Waals surface area contributed by atoms with E-state index in [2.05, 4.69) is 50.2 Å². The lowest BCUT2D eigenvalue weighted by molar-refractivity contribution is 0.104. The number of thioether (sulfide) groups is 1. The minimum Gasteiger partial charge on any atom is -0.289 e. The van der Waals surface area contributed by atoms with Crippen molar-refractivity contribution in [3.05, 3.63) is 71.3 Å². The Labute approximate surface area is 232 Å². The van der Waals surface area contributed by atoms with E-state index >= 15 is 0 Å². The van der Waals surface area contributed by atoms with Gasteiger partial charge < -0.3 is 0 Å². The zero-order valence-corrected chi connectivity index (χ0v) is 24.6. The van der Waals surface area contributed by atoms with Gasteiger partial charge in [0.1, 0.15) is 0 Å². The van der Waals surface area contributed by atoms with Crippen molar-refractivity contribution in [2.75, 3.05) is 5.75 Å². The van der Waals surface area contributed by atoms with Gasteiger partial charge in [-0.05, 0) is 66.5 Å². The first-order valence-electron chi connectivity index (χ1n) is 15.3. The summed E-state index contributed by atoms with van der Waals surface area (Å²) in [5, 5.41) is 0. The molecule has 0 unspecified atom stereocenters. The van der Waals surface area contributed by atoms with E-state index in [-0.39, 0.29) is 5.78 Å². The molecule has 0 N–H and O–H groups in total. The number of aryl methyl sites for hydroxylation is 1. The van der Waals surface area contributed by atoms with Gasteiger partial charge in [0.2, 0.25) is 0 Å². The van der Waals surface area contributed by atoms with Gasteiger partial charge in [0.05, 0.1) is 0 Å². The highest BCUT2D eigenvalue weighted by molar-refractivity contribution is 7.99. The number of carbonyl (C=O) groups excluding carboxylic acids is 1. The van der Waals surface area contributed by atoms with E-state index in [0.29, 0.717) is 0 Å². The second-order valence-electron chi connectivity index (χ2n) is 10.5. The molecular formula is C35H52OS. The summed E-state index contributed by atoms with van der Waals surface area (Å²) >= 11 is 1.91. The van der Waals surface area contributed by atoms with Crippen LogP contribution in [0.5, 0.6) is 0 Å². The van der Waals surface area contributed by atoms with E-state index in [4.69, 9.17) is 0 Å². The Morgan fingerprint density at radius 2 is 1.24 bits per heavy atom. The van der Waals surface area contributed by atoms with Crippen LogP contribution in [0.1, 0.15) is 138 Å². The number of rotatable bonds is 22. The van der Waals surface area contributed by atoms with E-state index in [1.807, 2.05) is 30.0 Å². The van der Waals surface area contributed by atoms with Crippen LogP contribution in [-0.4, -0.2) is 11.5 Å². The van der Waals surface area contributed by atoms with Crippen LogP contribution in [0.15, 0.2) is 59.5 Å². The van der Waals surface area contributed by atoms with E-state index in [0.717, 1.165) is 17.5 Å². The van der Waals surface area contributed by atoms with Crippen LogP contribution < -0.4 is 0 Å². The maximum Gasteiger partial charge on any atom is 0.185 e. The molecule has 0 saturated carbocycles. The largest absolute Gasteiger partial charge is 0.289 e. The van der Waals surface area contributed by atoms with E-state index in [1.165, 1.54) is 119 Å². The van der Waals surface area contributed by atoms with Crippen LogP contribution in [0, 0.1) is 0 Å². The van der Waals surface area contributed by atoms with Crippen molar-refractivity contribution in [2.24, 2.45) is 0 Å². The van der Waals surface area contributed by atoms with Crippen molar-refractivity contribution in [2.45, 2.75) is 128 Å². The van der Waals surface area contributed by atoms with Gasteiger partial charge in [0.15, 0.2) is 5.78 Å². The SMILES string of the molecule is CCCCCCCCCCCCCCCSc1ccc(C(=O)C=Cc2cccc(CCCCC)c2)cc1. The molecule has 0 aliphatic carbocycles. The van der Waals surface area contributed by atoms with Crippen molar-refractivity contribution >= 4 is 23.6 Å². The Bertz CT molecular complexity index is 867. The molecule has 2 aromatic carbocycles. The van der Waals surface area contributed by atoms with Crippen molar-refractivity contribution in [1.82, 2.24) is 0 Å². The first kappa shape index (κ1) is 31.4. The molecule has 0 aromatic heterocycles. The molecule has 0 spiro atoms. The van der Waals surface area contributed by atoms with Crippen LogP contribution in [0.25, 0.3) is 6.08 Å². The number of ketones is 1. The smallest absolute Gasteiger partial charge is 0.185 e. The van der Waals surface area contributed by atoms with Crippen molar-refractivity contribution in [3.8, 4) is 0 Å². The number of allylic oxidation sites excluding steroid dienone is 1. The zero-order valence-electron chi connectivity index (χ0n) is 23.8. The van der Waals surface area contributed by atoms with E-state index < -0.39 is 0 Å². The quantitative estimate of drug-likeness (QED) is 0.0664. The van der Waals surface area contributed by atoms with Crippen LogP contribution in [0.3, 0.4) is 0 Å². The Morgan fingerprint density at radius 3 is 1.86 bits per heavy atom. The van der Waals surface area contributed by atoms with Crippen LogP contribution in [0.4, 0.5) is 0 Å². The van der Waals surface area contributed by atoms with Gasteiger partial charge in [-0.1, -0.05) is 134 Å². The molecule has 0 radical (unpaired) electrons. The molecule has 0 atom stereocenters. The highest BCUT2D eigenvalue weighted by Gasteiger charge is 2.03. The first-order chi connectivity index (χ1) is 18.2. The molecule has 0 saturated heterocycles. The van der Waals surface area contributed by atoms with Crippen LogP contribution in [0.2, 0.25) is 0 Å². The van der Waals surface area contributed by atoms with Crippen LogP contribution in [-0.2, 0) is 6.42 Å².